The fraction of sp³-hybridized carbons (Fsp3) is 0.429. The lowest BCUT2D eigenvalue weighted by Gasteiger charge is -2.26. The number of carboxylic acids is 1. The highest BCUT2D eigenvalue weighted by molar-refractivity contribution is 5.97. The Kier molecular flexibility index (Phi) is 3.57. The number of benzene rings is 1. The second-order valence-electron chi connectivity index (χ2n) is 5.58. The molecule has 1 saturated carbocycles. The fourth-order valence-electron chi connectivity index (χ4n) is 2.17. The van der Waals surface area contributed by atoms with Crippen LogP contribution in [0.3, 0.4) is 0 Å². The molecule has 20 heavy (non-hydrogen) atoms. The second-order valence-corrected chi connectivity index (χ2v) is 5.58. The van der Waals surface area contributed by atoms with Gasteiger partial charge in [0.2, 0.25) is 0 Å². The van der Waals surface area contributed by atoms with Crippen molar-refractivity contribution in [1.29, 1.82) is 0 Å². The number of hydrogen-bond donors (Lipinski definition) is 4. The number of aromatic hydroxyl groups is 1. The van der Waals surface area contributed by atoms with E-state index in [-0.39, 0.29) is 16.8 Å². The zero-order valence-electron chi connectivity index (χ0n) is 11.4. The minimum absolute atomic E-state index is 0.0778. The van der Waals surface area contributed by atoms with Gasteiger partial charge in [0, 0.05) is 5.54 Å². The summed E-state index contributed by atoms with van der Waals surface area (Å²) >= 11 is 0. The highest BCUT2D eigenvalue weighted by Gasteiger charge is 2.38. The van der Waals surface area contributed by atoms with Crippen LogP contribution in [0.2, 0.25) is 0 Å². The first kappa shape index (κ1) is 14.2. The third-order valence-electron chi connectivity index (χ3n) is 3.55. The molecule has 6 nitrogen and oxygen atoms in total. The van der Waals surface area contributed by atoms with Gasteiger partial charge in [-0.15, -0.1) is 0 Å². The van der Waals surface area contributed by atoms with Crippen LogP contribution in [-0.4, -0.2) is 27.8 Å². The summed E-state index contributed by atoms with van der Waals surface area (Å²) in [6, 6.07) is 3.73. The molecule has 0 heterocycles. The summed E-state index contributed by atoms with van der Waals surface area (Å²) in [6.07, 6.45) is 2.18. The number of para-hydroxylation sites is 1. The molecule has 0 saturated heterocycles. The standard InChI is InChI=1S/C14H18N2O4/c1-14(2,8-6-7-8)16-13(20)15-10-5-3-4-9(11(10)17)12(18)19/h3-5,8,17H,6-7H2,1-2H3,(H,18,19)(H2,15,16,20). The Labute approximate surface area is 116 Å². The van der Waals surface area contributed by atoms with E-state index in [1.54, 1.807) is 0 Å². The van der Waals surface area contributed by atoms with E-state index < -0.39 is 17.7 Å². The molecule has 4 N–H and O–H groups in total. The maximum Gasteiger partial charge on any atom is 0.339 e. The first-order valence-corrected chi connectivity index (χ1v) is 6.45. The van der Waals surface area contributed by atoms with E-state index in [0.29, 0.717) is 5.92 Å². The quantitative estimate of drug-likeness (QED) is 0.635. The van der Waals surface area contributed by atoms with Crippen molar-refractivity contribution in [3.63, 3.8) is 0 Å². The Hall–Kier alpha value is -2.24. The first-order valence-electron chi connectivity index (χ1n) is 6.45. The zero-order valence-corrected chi connectivity index (χ0v) is 11.4. The molecular weight excluding hydrogens is 260 g/mol. The lowest BCUT2D eigenvalue weighted by molar-refractivity contribution is 0.0693. The molecular formula is C14H18N2O4. The van der Waals surface area contributed by atoms with Crippen LogP contribution in [0.4, 0.5) is 10.5 Å². The number of aromatic carboxylic acids is 1. The molecule has 2 rings (SSSR count). The van der Waals surface area contributed by atoms with Gasteiger partial charge in [0.05, 0.1) is 5.69 Å². The number of anilines is 1. The number of phenols is 1. The number of hydrogen-bond acceptors (Lipinski definition) is 3. The Morgan fingerprint density at radius 3 is 2.50 bits per heavy atom. The van der Waals surface area contributed by atoms with E-state index in [1.807, 2.05) is 13.8 Å². The third kappa shape index (κ3) is 3.01. The van der Waals surface area contributed by atoms with E-state index in [4.69, 9.17) is 5.11 Å². The van der Waals surface area contributed by atoms with Crippen molar-refractivity contribution in [3.8, 4) is 5.75 Å². The highest BCUT2D eigenvalue weighted by atomic mass is 16.4. The van der Waals surface area contributed by atoms with Crippen molar-refractivity contribution < 1.29 is 19.8 Å². The Bertz CT molecular complexity index is 550. The second kappa shape index (κ2) is 5.03. The highest BCUT2D eigenvalue weighted by Crippen LogP contribution is 2.39. The topological polar surface area (TPSA) is 98.7 Å². The number of urea groups is 1. The van der Waals surface area contributed by atoms with E-state index in [2.05, 4.69) is 10.6 Å². The van der Waals surface area contributed by atoms with E-state index in [9.17, 15) is 14.7 Å². The van der Waals surface area contributed by atoms with E-state index >= 15 is 0 Å². The van der Waals surface area contributed by atoms with Gasteiger partial charge in [-0.3, -0.25) is 0 Å². The number of nitrogens with one attached hydrogen (secondary N) is 2. The predicted molar refractivity (Wildman–Crippen MR) is 74.0 cm³/mol. The predicted octanol–water partition coefficient (Wildman–Crippen LogP) is 2.40. The molecule has 2 amide bonds. The van der Waals surface area contributed by atoms with Crippen molar-refractivity contribution in [2.75, 3.05) is 5.32 Å². The van der Waals surface area contributed by atoms with E-state index in [1.165, 1.54) is 18.2 Å². The van der Waals surface area contributed by atoms with Crippen LogP contribution in [0.5, 0.6) is 5.75 Å². The summed E-state index contributed by atoms with van der Waals surface area (Å²) in [6.45, 7) is 3.88. The molecule has 1 aromatic carbocycles. The summed E-state index contributed by atoms with van der Waals surface area (Å²) in [5.41, 5.74) is -0.484. The van der Waals surface area contributed by atoms with Crippen LogP contribution in [0, 0.1) is 5.92 Å². The van der Waals surface area contributed by atoms with Gasteiger partial charge in [-0.25, -0.2) is 9.59 Å². The maximum absolute atomic E-state index is 11.9. The summed E-state index contributed by atoms with van der Waals surface area (Å²) in [7, 11) is 0. The average molecular weight is 278 g/mol. The number of rotatable bonds is 4. The van der Waals surface area contributed by atoms with Crippen LogP contribution >= 0.6 is 0 Å². The largest absolute Gasteiger partial charge is 0.505 e. The molecule has 1 aliphatic carbocycles. The van der Waals surface area contributed by atoms with Crippen LogP contribution < -0.4 is 10.6 Å². The number of carbonyl (C=O) groups excluding carboxylic acids is 1. The zero-order chi connectivity index (χ0) is 14.9. The lowest BCUT2D eigenvalue weighted by Crippen LogP contribution is -2.47. The molecule has 6 heteroatoms. The summed E-state index contributed by atoms with van der Waals surface area (Å²) in [5.74, 6) is -1.23. The van der Waals surface area contributed by atoms with Gasteiger partial charge in [-0.1, -0.05) is 6.07 Å². The third-order valence-corrected chi connectivity index (χ3v) is 3.55. The Morgan fingerprint density at radius 2 is 1.95 bits per heavy atom. The van der Waals surface area contributed by atoms with Crippen molar-refractivity contribution in [1.82, 2.24) is 5.32 Å². The summed E-state index contributed by atoms with van der Waals surface area (Å²) < 4.78 is 0. The molecule has 0 aliphatic heterocycles. The lowest BCUT2D eigenvalue weighted by atomic mass is 9.99. The van der Waals surface area contributed by atoms with Crippen molar-refractivity contribution in [2.24, 2.45) is 5.92 Å². The normalized spacial score (nSPS) is 14.7. The van der Waals surface area contributed by atoms with Gasteiger partial charge in [0.25, 0.3) is 0 Å². The van der Waals surface area contributed by atoms with Gasteiger partial charge >= 0.3 is 12.0 Å². The SMILES string of the molecule is CC(C)(NC(=O)Nc1cccc(C(=O)O)c1O)C1CC1. The van der Waals surface area contributed by atoms with Gasteiger partial charge < -0.3 is 20.8 Å². The van der Waals surface area contributed by atoms with Crippen LogP contribution in [0.25, 0.3) is 0 Å². The first-order chi connectivity index (χ1) is 9.31. The molecule has 0 spiro atoms. The van der Waals surface area contributed by atoms with Crippen molar-refractivity contribution >= 4 is 17.7 Å². The molecule has 108 valence electrons. The minimum atomic E-state index is -1.25. The Morgan fingerprint density at radius 1 is 1.30 bits per heavy atom. The van der Waals surface area contributed by atoms with Crippen molar-refractivity contribution in [3.05, 3.63) is 23.8 Å². The fourth-order valence-corrected chi connectivity index (χ4v) is 2.17. The molecule has 1 aliphatic rings. The molecule has 0 radical (unpaired) electrons. The number of amides is 2. The smallest absolute Gasteiger partial charge is 0.339 e. The molecule has 1 aromatic rings. The molecule has 0 aromatic heterocycles. The van der Waals surface area contributed by atoms with E-state index in [0.717, 1.165) is 12.8 Å². The van der Waals surface area contributed by atoms with Crippen LogP contribution in [-0.2, 0) is 0 Å². The molecule has 0 unspecified atom stereocenters. The average Bonchev–Trinajstić information content (AvgIpc) is 3.14. The molecule has 1 fully saturated rings. The van der Waals surface area contributed by atoms with Crippen LogP contribution in [0.15, 0.2) is 18.2 Å². The summed E-state index contributed by atoms with van der Waals surface area (Å²) in [5, 5.41) is 24.0. The molecule has 0 atom stereocenters. The Balaban J connectivity index is 2.08. The van der Waals surface area contributed by atoms with Crippen LogP contribution in [0.1, 0.15) is 37.0 Å². The van der Waals surface area contributed by atoms with Crippen molar-refractivity contribution in [2.45, 2.75) is 32.2 Å². The van der Waals surface area contributed by atoms with Gasteiger partial charge in [-0.2, -0.15) is 0 Å². The minimum Gasteiger partial charge on any atom is -0.505 e. The van der Waals surface area contributed by atoms with Gasteiger partial charge in [0.15, 0.2) is 5.75 Å². The number of carbonyl (C=O) groups is 2. The maximum atomic E-state index is 11.9. The number of carboxylic acid groups (broad SMARTS) is 1. The summed E-state index contributed by atoms with van der Waals surface area (Å²) in [4.78, 5) is 22.8. The molecule has 0 bridgehead atoms. The van der Waals surface area contributed by atoms with Gasteiger partial charge in [-0.05, 0) is 44.7 Å². The van der Waals surface area contributed by atoms with Gasteiger partial charge in [0.1, 0.15) is 5.56 Å². The monoisotopic (exact) mass is 278 g/mol.